The molecule has 0 fully saturated rings. The monoisotopic (exact) mass is 321 g/mol. The standard InChI is InChI=1S/C19H19N3O2/c1-13-3-7-15(8-4-13)18-17(12-21-22-18)19(23)20-11-14-5-9-16(24-2)10-6-14/h3-10,12H,11H2,1-2H3,(H,20,23)(H,21,22). The molecule has 5 nitrogen and oxygen atoms in total. The van der Waals surface area contributed by atoms with Gasteiger partial charge in [0.1, 0.15) is 5.75 Å². The van der Waals surface area contributed by atoms with Gasteiger partial charge in [-0.2, -0.15) is 5.10 Å². The van der Waals surface area contributed by atoms with Crippen molar-refractivity contribution in [1.82, 2.24) is 15.5 Å². The van der Waals surface area contributed by atoms with Crippen LogP contribution in [0.4, 0.5) is 0 Å². The number of carbonyl (C=O) groups excluding carboxylic acids is 1. The van der Waals surface area contributed by atoms with Crippen molar-refractivity contribution in [2.75, 3.05) is 7.11 Å². The highest BCUT2D eigenvalue weighted by atomic mass is 16.5. The maximum Gasteiger partial charge on any atom is 0.255 e. The molecule has 2 aromatic carbocycles. The second-order valence-corrected chi connectivity index (χ2v) is 5.56. The van der Waals surface area contributed by atoms with Crippen molar-refractivity contribution in [2.45, 2.75) is 13.5 Å². The molecule has 5 heteroatoms. The Labute approximate surface area is 140 Å². The number of rotatable bonds is 5. The quantitative estimate of drug-likeness (QED) is 0.757. The highest BCUT2D eigenvalue weighted by molar-refractivity contribution is 5.99. The van der Waals surface area contributed by atoms with Crippen LogP contribution in [0.1, 0.15) is 21.5 Å². The summed E-state index contributed by atoms with van der Waals surface area (Å²) < 4.78 is 5.13. The summed E-state index contributed by atoms with van der Waals surface area (Å²) in [5.41, 5.74) is 4.37. The third-order valence-electron chi connectivity index (χ3n) is 3.84. The van der Waals surface area contributed by atoms with Gasteiger partial charge in [-0.3, -0.25) is 9.89 Å². The molecule has 0 aliphatic heterocycles. The minimum Gasteiger partial charge on any atom is -0.497 e. The molecule has 0 atom stereocenters. The summed E-state index contributed by atoms with van der Waals surface area (Å²) in [5, 5.41) is 9.85. The number of amides is 1. The number of aromatic amines is 1. The summed E-state index contributed by atoms with van der Waals surface area (Å²) in [7, 11) is 1.63. The van der Waals surface area contributed by atoms with Gasteiger partial charge in [-0.15, -0.1) is 0 Å². The number of hydrogen-bond acceptors (Lipinski definition) is 3. The summed E-state index contributed by atoms with van der Waals surface area (Å²) in [6, 6.07) is 15.6. The van der Waals surface area contributed by atoms with Crippen LogP contribution in [-0.2, 0) is 6.54 Å². The number of aromatic nitrogens is 2. The topological polar surface area (TPSA) is 67.0 Å². The second kappa shape index (κ2) is 7.00. The van der Waals surface area contributed by atoms with E-state index in [9.17, 15) is 4.79 Å². The van der Waals surface area contributed by atoms with Gasteiger partial charge in [0.15, 0.2) is 0 Å². The minimum absolute atomic E-state index is 0.157. The lowest BCUT2D eigenvalue weighted by Crippen LogP contribution is -2.22. The molecule has 1 amide bonds. The summed E-state index contributed by atoms with van der Waals surface area (Å²) in [4.78, 5) is 12.5. The Kier molecular flexibility index (Phi) is 4.61. The lowest BCUT2D eigenvalue weighted by atomic mass is 10.1. The molecule has 1 heterocycles. The first-order valence-corrected chi connectivity index (χ1v) is 7.69. The number of benzene rings is 2. The van der Waals surface area contributed by atoms with Crippen molar-refractivity contribution in [3.8, 4) is 17.0 Å². The highest BCUT2D eigenvalue weighted by Crippen LogP contribution is 2.21. The van der Waals surface area contributed by atoms with E-state index >= 15 is 0 Å². The number of ether oxygens (including phenoxy) is 1. The van der Waals surface area contributed by atoms with E-state index in [0.717, 1.165) is 22.6 Å². The number of hydrogen-bond donors (Lipinski definition) is 2. The van der Waals surface area contributed by atoms with E-state index in [-0.39, 0.29) is 5.91 Å². The van der Waals surface area contributed by atoms with Gasteiger partial charge in [0.2, 0.25) is 0 Å². The van der Waals surface area contributed by atoms with Crippen LogP contribution >= 0.6 is 0 Å². The molecule has 0 aliphatic rings. The van der Waals surface area contributed by atoms with Gasteiger partial charge in [-0.1, -0.05) is 42.0 Å². The Bertz CT molecular complexity index is 821. The summed E-state index contributed by atoms with van der Waals surface area (Å²) in [6.07, 6.45) is 1.55. The summed E-state index contributed by atoms with van der Waals surface area (Å²) in [5.74, 6) is 0.636. The van der Waals surface area contributed by atoms with Crippen LogP contribution in [-0.4, -0.2) is 23.2 Å². The lowest BCUT2D eigenvalue weighted by Gasteiger charge is -2.07. The molecule has 0 unspecified atom stereocenters. The molecule has 0 saturated heterocycles. The Morgan fingerprint density at radius 2 is 1.83 bits per heavy atom. The molecule has 3 rings (SSSR count). The molecule has 3 aromatic rings. The Hall–Kier alpha value is -3.08. The van der Waals surface area contributed by atoms with E-state index in [1.54, 1.807) is 13.3 Å². The van der Waals surface area contributed by atoms with Gasteiger partial charge in [0.25, 0.3) is 5.91 Å². The summed E-state index contributed by atoms with van der Waals surface area (Å²) >= 11 is 0. The van der Waals surface area contributed by atoms with Crippen molar-refractivity contribution in [1.29, 1.82) is 0 Å². The van der Waals surface area contributed by atoms with Crippen LogP contribution in [0.5, 0.6) is 5.75 Å². The predicted octanol–water partition coefficient (Wildman–Crippen LogP) is 3.32. The van der Waals surface area contributed by atoms with E-state index in [4.69, 9.17) is 4.74 Å². The van der Waals surface area contributed by atoms with Gasteiger partial charge in [-0.05, 0) is 24.6 Å². The van der Waals surface area contributed by atoms with Gasteiger partial charge in [0, 0.05) is 12.1 Å². The Morgan fingerprint density at radius 3 is 2.50 bits per heavy atom. The Balaban J connectivity index is 1.71. The van der Waals surface area contributed by atoms with Gasteiger partial charge >= 0.3 is 0 Å². The largest absolute Gasteiger partial charge is 0.497 e. The smallest absolute Gasteiger partial charge is 0.255 e. The molecular formula is C19H19N3O2. The van der Waals surface area contributed by atoms with Crippen LogP contribution in [0.15, 0.2) is 54.7 Å². The normalized spacial score (nSPS) is 10.4. The van der Waals surface area contributed by atoms with Gasteiger partial charge in [0.05, 0.1) is 24.6 Å². The van der Waals surface area contributed by atoms with Gasteiger partial charge < -0.3 is 10.1 Å². The zero-order valence-corrected chi connectivity index (χ0v) is 13.7. The maximum atomic E-state index is 12.5. The van der Waals surface area contributed by atoms with Crippen LogP contribution in [0, 0.1) is 6.92 Å². The average molecular weight is 321 g/mol. The van der Waals surface area contributed by atoms with E-state index < -0.39 is 0 Å². The Morgan fingerprint density at radius 1 is 1.12 bits per heavy atom. The molecule has 0 bridgehead atoms. The molecule has 0 spiro atoms. The third-order valence-corrected chi connectivity index (χ3v) is 3.84. The molecule has 0 radical (unpaired) electrons. The zero-order chi connectivity index (χ0) is 16.9. The summed E-state index contributed by atoms with van der Waals surface area (Å²) in [6.45, 7) is 2.47. The van der Waals surface area contributed by atoms with Crippen LogP contribution in [0.3, 0.4) is 0 Å². The van der Waals surface area contributed by atoms with Crippen LogP contribution < -0.4 is 10.1 Å². The molecule has 1 aromatic heterocycles. The number of H-pyrrole nitrogens is 1. The number of methoxy groups -OCH3 is 1. The molecule has 24 heavy (non-hydrogen) atoms. The molecular weight excluding hydrogens is 302 g/mol. The predicted molar refractivity (Wildman–Crippen MR) is 92.9 cm³/mol. The van der Waals surface area contributed by atoms with Crippen molar-refractivity contribution in [3.63, 3.8) is 0 Å². The van der Waals surface area contributed by atoms with E-state index in [0.29, 0.717) is 12.1 Å². The first-order valence-electron chi connectivity index (χ1n) is 7.69. The number of nitrogens with one attached hydrogen (secondary N) is 2. The third kappa shape index (κ3) is 3.46. The molecule has 2 N–H and O–H groups in total. The van der Waals surface area contributed by atoms with Crippen LogP contribution in [0.25, 0.3) is 11.3 Å². The van der Waals surface area contributed by atoms with Gasteiger partial charge in [-0.25, -0.2) is 0 Å². The molecule has 0 aliphatic carbocycles. The van der Waals surface area contributed by atoms with Crippen molar-refractivity contribution in [2.24, 2.45) is 0 Å². The average Bonchev–Trinajstić information content (AvgIpc) is 3.10. The molecule has 122 valence electrons. The first-order chi connectivity index (χ1) is 11.7. The van der Waals surface area contributed by atoms with Crippen molar-refractivity contribution >= 4 is 5.91 Å². The van der Waals surface area contributed by atoms with Crippen molar-refractivity contribution < 1.29 is 9.53 Å². The maximum absolute atomic E-state index is 12.5. The molecule has 0 saturated carbocycles. The second-order valence-electron chi connectivity index (χ2n) is 5.56. The lowest BCUT2D eigenvalue weighted by molar-refractivity contribution is 0.0951. The first kappa shape index (κ1) is 15.8. The SMILES string of the molecule is COc1ccc(CNC(=O)c2cn[nH]c2-c2ccc(C)cc2)cc1. The number of carbonyl (C=O) groups is 1. The highest BCUT2D eigenvalue weighted by Gasteiger charge is 2.14. The van der Waals surface area contributed by atoms with E-state index in [1.165, 1.54) is 5.56 Å². The number of nitrogens with zero attached hydrogens (tertiary/aromatic N) is 1. The van der Waals surface area contributed by atoms with E-state index in [1.807, 2.05) is 55.5 Å². The van der Waals surface area contributed by atoms with E-state index in [2.05, 4.69) is 15.5 Å². The fraction of sp³-hybridized carbons (Fsp3) is 0.158. The van der Waals surface area contributed by atoms with Crippen LogP contribution in [0.2, 0.25) is 0 Å². The zero-order valence-electron chi connectivity index (χ0n) is 13.7. The minimum atomic E-state index is -0.157. The fourth-order valence-electron chi connectivity index (χ4n) is 2.42. The fourth-order valence-corrected chi connectivity index (χ4v) is 2.42. The number of aryl methyl sites for hydroxylation is 1. The van der Waals surface area contributed by atoms with Crippen molar-refractivity contribution in [3.05, 3.63) is 71.4 Å².